The van der Waals surface area contributed by atoms with Crippen LogP contribution in [0, 0.1) is 0 Å². The Morgan fingerprint density at radius 3 is 0.691 bits per heavy atom. The highest BCUT2D eigenvalue weighted by atomic mass is 31.1. The predicted octanol–water partition coefficient (Wildman–Crippen LogP) is 16.8. The van der Waals surface area contributed by atoms with E-state index in [4.69, 9.17) is 0 Å². The lowest BCUT2D eigenvalue weighted by Gasteiger charge is -2.27. The standard InChI is InChI=1S/C54H87P/c1-4-7-10-13-16-19-22-25-28-31-40-49-43-34-37-46-52(49)55(53-47-38-35-44-50(53)41-32-29-26-23-20-17-14-11-8-5-2)54-48-39-36-45-51(54)42-33-30-27-24-21-18-15-12-9-6-3/h34-39,43-48H,4-33,40-42H2,1-3H3. The van der Waals surface area contributed by atoms with Crippen molar-refractivity contribution in [3.63, 3.8) is 0 Å². The van der Waals surface area contributed by atoms with Gasteiger partial charge in [-0.1, -0.05) is 267 Å². The van der Waals surface area contributed by atoms with Gasteiger partial charge in [-0.25, -0.2) is 0 Å². The van der Waals surface area contributed by atoms with Crippen molar-refractivity contribution in [2.75, 3.05) is 0 Å². The van der Waals surface area contributed by atoms with E-state index < -0.39 is 7.92 Å². The van der Waals surface area contributed by atoms with Crippen LogP contribution in [-0.4, -0.2) is 0 Å². The number of aryl methyl sites for hydroxylation is 3. The first kappa shape index (κ1) is 47.5. The third-order valence-electron chi connectivity index (χ3n) is 12.1. The van der Waals surface area contributed by atoms with E-state index in [1.165, 1.54) is 212 Å². The van der Waals surface area contributed by atoms with Crippen LogP contribution in [0.25, 0.3) is 0 Å². The summed E-state index contributed by atoms with van der Waals surface area (Å²) in [4.78, 5) is 0. The van der Waals surface area contributed by atoms with E-state index in [1.807, 2.05) is 0 Å². The maximum atomic E-state index is 2.52. The molecule has 0 heterocycles. The molecule has 0 amide bonds. The van der Waals surface area contributed by atoms with Gasteiger partial charge in [0.1, 0.15) is 0 Å². The number of benzene rings is 3. The van der Waals surface area contributed by atoms with Crippen LogP contribution < -0.4 is 15.9 Å². The van der Waals surface area contributed by atoms with Gasteiger partial charge < -0.3 is 0 Å². The molecule has 0 radical (unpaired) electrons. The van der Waals surface area contributed by atoms with Crippen molar-refractivity contribution in [3.8, 4) is 0 Å². The molecule has 0 aromatic heterocycles. The van der Waals surface area contributed by atoms with Crippen molar-refractivity contribution in [2.45, 2.75) is 233 Å². The number of hydrogen-bond acceptors (Lipinski definition) is 0. The first-order chi connectivity index (χ1) is 27.3. The second-order valence-electron chi connectivity index (χ2n) is 17.0. The lowest BCUT2D eigenvalue weighted by atomic mass is 10.0. The number of unbranched alkanes of at least 4 members (excludes halogenated alkanes) is 27. The van der Waals surface area contributed by atoms with Gasteiger partial charge in [0.25, 0.3) is 0 Å². The molecule has 0 aliphatic rings. The highest BCUT2D eigenvalue weighted by molar-refractivity contribution is 7.80. The SMILES string of the molecule is CCCCCCCCCCCCc1ccccc1P(c1ccccc1CCCCCCCCCCCC)c1ccccc1CCCCCCCCCCCC. The summed E-state index contributed by atoms with van der Waals surface area (Å²) in [5.74, 6) is 0. The minimum Gasteiger partial charge on any atom is -0.0654 e. The van der Waals surface area contributed by atoms with E-state index >= 15 is 0 Å². The van der Waals surface area contributed by atoms with Gasteiger partial charge >= 0.3 is 0 Å². The molecule has 0 unspecified atom stereocenters. The number of hydrogen-bond donors (Lipinski definition) is 0. The van der Waals surface area contributed by atoms with Crippen LogP contribution in [-0.2, 0) is 19.3 Å². The Hall–Kier alpha value is -1.91. The van der Waals surface area contributed by atoms with Crippen molar-refractivity contribution < 1.29 is 0 Å². The summed E-state index contributed by atoms with van der Waals surface area (Å²) in [6.45, 7) is 6.95. The van der Waals surface area contributed by atoms with Gasteiger partial charge in [0.05, 0.1) is 0 Å². The van der Waals surface area contributed by atoms with Gasteiger partial charge in [-0.05, 0) is 79.1 Å². The molecule has 0 fully saturated rings. The Labute approximate surface area is 344 Å². The molecule has 0 bridgehead atoms. The summed E-state index contributed by atoms with van der Waals surface area (Å²) in [5, 5.41) is 4.87. The molecule has 0 aliphatic carbocycles. The smallest absolute Gasteiger partial charge is 0.0119 e. The van der Waals surface area contributed by atoms with Gasteiger partial charge in [-0.15, -0.1) is 0 Å². The van der Waals surface area contributed by atoms with Crippen molar-refractivity contribution in [1.29, 1.82) is 0 Å². The molecule has 3 aromatic rings. The maximum absolute atomic E-state index is 2.52. The minimum atomic E-state index is -0.622. The molecule has 308 valence electrons. The van der Waals surface area contributed by atoms with Crippen molar-refractivity contribution in [1.82, 2.24) is 0 Å². The Kier molecular flexibility index (Phi) is 28.6. The summed E-state index contributed by atoms with van der Waals surface area (Å²) in [6.07, 6.45) is 45.6. The first-order valence-electron chi connectivity index (χ1n) is 24.3. The second-order valence-corrected chi connectivity index (χ2v) is 19.1. The monoisotopic (exact) mass is 767 g/mol. The van der Waals surface area contributed by atoms with E-state index in [9.17, 15) is 0 Å². The Morgan fingerprint density at radius 1 is 0.255 bits per heavy atom. The fourth-order valence-electron chi connectivity index (χ4n) is 8.62. The summed E-state index contributed by atoms with van der Waals surface area (Å²) < 4.78 is 0. The predicted molar refractivity (Wildman–Crippen MR) is 252 cm³/mol. The highest BCUT2D eigenvalue weighted by Crippen LogP contribution is 2.38. The lowest BCUT2D eigenvalue weighted by Crippen LogP contribution is -2.27. The van der Waals surface area contributed by atoms with E-state index in [1.54, 1.807) is 32.6 Å². The number of rotatable bonds is 36. The molecule has 0 saturated heterocycles. The first-order valence-corrected chi connectivity index (χ1v) is 25.7. The van der Waals surface area contributed by atoms with Gasteiger partial charge in [-0.3, -0.25) is 0 Å². The maximum Gasteiger partial charge on any atom is -0.0119 e. The zero-order chi connectivity index (χ0) is 38.9. The van der Waals surface area contributed by atoms with Crippen LogP contribution in [0.2, 0.25) is 0 Å². The van der Waals surface area contributed by atoms with E-state index in [-0.39, 0.29) is 0 Å². The molecule has 0 nitrogen and oxygen atoms in total. The molecule has 1 heteroatoms. The molecule has 55 heavy (non-hydrogen) atoms. The molecule has 0 spiro atoms. The van der Waals surface area contributed by atoms with E-state index in [0.29, 0.717) is 0 Å². The van der Waals surface area contributed by atoms with E-state index in [0.717, 1.165) is 0 Å². The Morgan fingerprint density at radius 2 is 0.455 bits per heavy atom. The zero-order valence-corrected chi connectivity index (χ0v) is 37.6. The molecule has 3 rings (SSSR count). The van der Waals surface area contributed by atoms with Crippen LogP contribution in [0.5, 0.6) is 0 Å². The van der Waals surface area contributed by atoms with Crippen molar-refractivity contribution in [2.24, 2.45) is 0 Å². The quantitative estimate of drug-likeness (QED) is 0.0408. The highest BCUT2D eigenvalue weighted by Gasteiger charge is 2.24. The second kappa shape index (κ2) is 33.1. The third-order valence-corrected chi connectivity index (χ3v) is 14.9. The van der Waals surface area contributed by atoms with Gasteiger partial charge in [0.15, 0.2) is 0 Å². The van der Waals surface area contributed by atoms with Crippen LogP contribution in [0.4, 0.5) is 0 Å². The average molecular weight is 767 g/mol. The van der Waals surface area contributed by atoms with Gasteiger partial charge in [0, 0.05) is 0 Å². The van der Waals surface area contributed by atoms with Gasteiger partial charge in [0.2, 0.25) is 0 Å². The minimum absolute atomic E-state index is 0.622. The molecule has 0 N–H and O–H groups in total. The molecular formula is C54H87P. The van der Waals surface area contributed by atoms with Crippen molar-refractivity contribution >= 4 is 23.8 Å². The van der Waals surface area contributed by atoms with Crippen LogP contribution in [0.3, 0.4) is 0 Å². The lowest BCUT2D eigenvalue weighted by molar-refractivity contribution is 0.556. The fourth-order valence-corrected chi connectivity index (χ4v) is 11.5. The van der Waals surface area contributed by atoms with Crippen molar-refractivity contribution in [3.05, 3.63) is 89.5 Å². The topological polar surface area (TPSA) is 0 Å². The van der Waals surface area contributed by atoms with E-state index in [2.05, 4.69) is 93.6 Å². The summed E-state index contributed by atoms with van der Waals surface area (Å²) >= 11 is 0. The normalized spacial score (nSPS) is 11.6. The van der Waals surface area contributed by atoms with Gasteiger partial charge in [-0.2, -0.15) is 0 Å². The zero-order valence-electron chi connectivity index (χ0n) is 36.7. The van der Waals surface area contributed by atoms with Crippen LogP contribution in [0.15, 0.2) is 72.8 Å². The van der Waals surface area contributed by atoms with Crippen LogP contribution >= 0.6 is 7.92 Å². The van der Waals surface area contributed by atoms with Crippen LogP contribution in [0.1, 0.15) is 230 Å². The largest absolute Gasteiger partial charge is 0.0654 e. The molecule has 3 aromatic carbocycles. The summed E-state index contributed by atoms with van der Waals surface area (Å²) in [5.41, 5.74) is 4.82. The fraction of sp³-hybridized carbons (Fsp3) is 0.667. The summed E-state index contributed by atoms with van der Waals surface area (Å²) in [6, 6.07) is 28.9. The summed E-state index contributed by atoms with van der Waals surface area (Å²) in [7, 11) is -0.622. The molecular weight excluding hydrogens is 680 g/mol. The average Bonchev–Trinajstić information content (AvgIpc) is 3.21. The molecule has 0 aliphatic heterocycles. The molecule has 0 saturated carbocycles. The third kappa shape index (κ3) is 20.9. The molecule has 0 atom stereocenters. The Bertz CT molecular complexity index is 1150. The Balaban J connectivity index is 1.71.